The number of carbonyl (C=O) groups is 1. The average molecular weight is 323 g/mol. The van der Waals surface area contributed by atoms with E-state index in [9.17, 15) is 4.79 Å². The van der Waals surface area contributed by atoms with Crippen LogP contribution in [0.5, 0.6) is 0 Å². The van der Waals surface area contributed by atoms with Crippen molar-refractivity contribution in [2.75, 3.05) is 13.1 Å². The quantitative estimate of drug-likeness (QED) is 0.742. The lowest BCUT2D eigenvalue weighted by Gasteiger charge is -2.16. The molecule has 5 heteroatoms. The molecule has 0 radical (unpaired) electrons. The number of nitrogens with zero attached hydrogens (tertiary/aromatic N) is 3. The maximum Gasteiger partial charge on any atom is 0.265 e. The van der Waals surface area contributed by atoms with Gasteiger partial charge < -0.3 is 4.90 Å². The summed E-state index contributed by atoms with van der Waals surface area (Å²) in [7, 11) is 0. The summed E-state index contributed by atoms with van der Waals surface area (Å²) in [5.74, 6) is 0.632. The molecule has 3 heterocycles. The van der Waals surface area contributed by atoms with E-state index in [4.69, 9.17) is 0 Å². The monoisotopic (exact) mass is 323 g/mol. The van der Waals surface area contributed by atoms with Gasteiger partial charge >= 0.3 is 0 Å². The molecule has 0 N–H and O–H groups in total. The van der Waals surface area contributed by atoms with Gasteiger partial charge in [-0.2, -0.15) is 0 Å². The Morgan fingerprint density at radius 3 is 3.09 bits per heavy atom. The lowest BCUT2D eigenvalue weighted by atomic mass is 9.96. The molecule has 116 valence electrons. The molecule has 1 atom stereocenters. The molecular weight excluding hydrogens is 306 g/mol. The van der Waals surface area contributed by atoms with Crippen LogP contribution in [0.1, 0.15) is 21.7 Å². The predicted octanol–water partition coefficient (Wildman–Crippen LogP) is 3.40. The number of hydrogen-bond acceptors (Lipinski definition) is 4. The van der Waals surface area contributed by atoms with Gasteiger partial charge in [-0.3, -0.25) is 14.8 Å². The van der Waals surface area contributed by atoms with Gasteiger partial charge in [-0.15, -0.1) is 11.3 Å². The Morgan fingerprint density at radius 2 is 2.22 bits per heavy atom. The number of para-hydroxylation sites is 1. The Bertz CT molecular complexity index is 826. The minimum absolute atomic E-state index is 0.120. The molecule has 4 rings (SSSR count). The van der Waals surface area contributed by atoms with Crippen molar-refractivity contribution >= 4 is 28.1 Å². The van der Waals surface area contributed by atoms with Gasteiger partial charge in [0.2, 0.25) is 0 Å². The van der Waals surface area contributed by atoms with Crippen molar-refractivity contribution in [3.63, 3.8) is 0 Å². The second-order valence-electron chi connectivity index (χ2n) is 5.96. The Kier molecular flexibility index (Phi) is 3.79. The lowest BCUT2D eigenvalue weighted by Crippen LogP contribution is -2.28. The zero-order valence-electron chi connectivity index (χ0n) is 12.7. The maximum absolute atomic E-state index is 12.4. The Balaban J connectivity index is 1.49. The molecule has 0 aliphatic carbocycles. The van der Waals surface area contributed by atoms with Gasteiger partial charge in [0.1, 0.15) is 4.88 Å². The first-order valence-electron chi connectivity index (χ1n) is 7.81. The van der Waals surface area contributed by atoms with Crippen LogP contribution in [0.3, 0.4) is 0 Å². The second kappa shape index (κ2) is 6.08. The van der Waals surface area contributed by atoms with E-state index in [2.05, 4.69) is 28.2 Å². The van der Waals surface area contributed by atoms with Crippen LogP contribution in [0.25, 0.3) is 10.9 Å². The van der Waals surface area contributed by atoms with E-state index in [1.165, 1.54) is 22.3 Å². The van der Waals surface area contributed by atoms with Crippen molar-refractivity contribution in [1.82, 2.24) is 14.9 Å². The van der Waals surface area contributed by atoms with Crippen molar-refractivity contribution < 1.29 is 4.79 Å². The third kappa shape index (κ3) is 2.84. The average Bonchev–Trinajstić information content (AvgIpc) is 3.27. The van der Waals surface area contributed by atoms with Gasteiger partial charge in [0.25, 0.3) is 5.91 Å². The molecule has 1 unspecified atom stereocenters. The van der Waals surface area contributed by atoms with Crippen LogP contribution in [0.4, 0.5) is 0 Å². The smallest absolute Gasteiger partial charge is 0.265 e. The van der Waals surface area contributed by atoms with Crippen LogP contribution in [0.15, 0.2) is 48.2 Å². The minimum Gasteiger partial charge on any atom is -0.338 e. The summed E-state index contributed by atoms with van der Waals surface area (Å²) in [5, 5.41) is 1.22. The number of thiazole rings is 1. The summed E-state index contributed by atoms with van der Waals surface area (Å²) in [6.07, 6.45) is 5.60. The summed E-state index contributed by atoms with van der Waals surface area (Å²) in [6.45, 7) is 1.66. The Morgan fingerprint density at radius 1 is 1.30 bits per heavy atom. The van der Waals surface area contributed by atoms with Crippen LogP contribution < -0.4 is 0 Å². The SMILES string of the molecule is O=C(c1cncs1)N1CCC(Cc2ccnc3ccccc23)C1. The fraction of sp³-hybridized carbons (Fsp3) is 0.278. The van der Waals surface area contributed by atoms with E-state index in [1.54, 1.807) is 11.7 Å². The summed E-state index contributed by atoms with van der Waals surface area (Å²) in [5.41, 5.74) is 4.08. The van der Waals surface area contributed by atoms with E-state index in [1.807, 2.05) is 23.2 Å². The predicted molar refractivity (Wildman–Crippen MR) is 91.6 cm³/mol. The largest absolute Gasteiger partial charge is 0.338 e. The normalized spacial score (nSPS) is 17.7. The molecule has 1 fully saturated rings. The highest BCUT2D eigenvalue weighted by Gasteiger charge is 2.28. The van der Waals surface area contributed by atoms with Gasteiger partial charge in [-0.25, -0.2) is 0 Å². The van der Waals surface area contributed by atoms with E-state index in [0.717, 1.165) is 36.3 Å². The Hall–Kier alpha value is -2.27. The number of carbonyl (C=O) groups excluding carboxylic acids is 1. The number of aromatic nitrogens is 2. The summed E-state index contributed by atoms with van der Waals surface area (Å²) < 4.78 is 0. The molecule has 1 aromatic carbocycles. The van der Waals surface area contributed by atoms with Crippen molar-refractivity contribution in [3.05, 3.63) is 58.7 Å². The molecule has 0 bridgehead atoms. The standard InChI is InChI=1S/C18H17N3OS/c22-18(17-10-19-12-23-17)21-8-6-13(11-21)9-14-5-7-20-16-4-2-1-3-15(14)16/h1-5,7,10,12-13H,6,8-9,11H2. The van der Waals surface area contributed by atoms with Crippen LogP contribution in [0, 0.1) is 5.92 Å². The van der Waals surface area contributed by atoms with E-state index >= 15 is 0 Å². The molecule has 1 saturated heterocycles. The number of pyridine rings is 1. The molecule has 0 saturated carbocycles. The number of benzene rings is 1. The maximum atomic E-state index is 12.4. The molecule has 23 heavy (non-hydrogen) atoms. The van der Waals surface area contributed by atoms with Crippen LogP contribution in [0.2, 0.25) is 0 Å². The first-order valence-corrected chi connectivity index (χ1v) is 8.69. The zero-order valence-corrected chi connectivity index (χ0v) is 13.5. The lowest BCUT2D eigenvalue weighted by molar-refractivity contribution is 0.0791. The van der Waals surface area contributed by atoms with Crippen molar-refractivity contribution in [2.24, 2.45) is 5.92 Å². The summed E-state index contributed by atoms with van der Waals surface area (Å²) in [4.78, 5) is 23.5. The number of likely N-dealkylation sites (tertiary alicyclic amines) is 1. The molecule has 1 aliphatic rings. The Labute approximate surface area is 138 Å². The van der Waals surface area contributed by atoms with E-state index in [-0.39, 0.29) is 5.91 Å². The third-order valence-corrected chi connectivity index (χ3v) is 5.23. The number of amides is 1. The van der Waals surface area contributed by atoms with Gasteiger partial charge in [0, 0.05) is 24.7 Å². The van der Waals surface area contributed by atoms with Gasteiger partial charge in [0.15, 0.2) is 0 Å². The second-order valence-corrected chi connectivity index (χ2v) is 6.85. The van der Waals surface area contributed by atoms with E-state index in [0.29, 0.717) is 5.92 Å². The third-order valence-electron chi connectivity index (χ3n) is 4.46. The fourth-order valence-electron chi connectivity index (χ4n) is 3.31. The first kappa shape index (κ1) is 14.3. The first-order chi connectivity index (χ1) is 11.3. The molecular formula is C18H17N3OS. The van der Waals surface area contributed by atoms with Crippen molar-refractivity contribution in [1.29, 1.82) is 0 Å². The van der Waals surface area contributed by atoms with Crippen LogP contribution in [-0.2, 0) is 6.42 Å². The number of hydrogen-bond donors (Lipinski definition) is 0. The summed E-state index contributed by atoms with van der Waals surface area (Å²) in [6, 6.07) is 10.4. The minimum atomic E-state index is 0.120. The van der Waals surface area contributed by atoms with E-state index < -0.39 is 0 Å². The highest BCUT2D eigenvalue weighted by molar-refractivity contribution is 7.11. The van der Waals surface area contributed by atoms with Crippen molar-refractivity contribution in [2.45, 2.75) is 12.8 Å². The molecule has 2 aromatic heterocycles. The molecule has 4 nitrogen and oxygen atoms in total. The van der Waals surface area contributed by atoms with Gasteiger partial charge in [-0.1, -0.05) is 18.2 Å². The number of rotatable bonds is 3. The topological polar surface area (TPSA) is 46.1 Å². The van der Waals surface area contributed by atoms with Gasteiger partial charge in [-0.05, 0) is 36.5 Å². The zero-order chi connectivity index (χ0) is 15.6. The fourth-order valence-corrected chi connectivity index (χ4v) is 3.89. The molecule has 3 aromatic rings. The molecule has 1 aliphatic heterocycles. The summed E-state index contributed by atoms with van der Waals surface area (Å²) >= 11 is 1.41. The highest BCUT2D eigenvalue weighted by Crippen LogP contribution is 2.26. The van der Waals surface area contributed by atoms with Crippen LogP contribution >= 0.6 is 11.3 Å². The van der Waals surface area contributed by atoms with Crippen molar-refractivity contribution in [3.8, 4) is 0 Å². The van der Waals surface area contributed by atoms with Crippen LogP contribution in [-0.4, -0.2) is 33.9 Å². The molecule has 0 spiro atoms. The highest BCUT2D eigenvalue weighted by atomic mass is 32.1. The molecule has 1 amide bonds. The number of fused-ring (bicyclic) bond motifs is 1. The van der Waals surface area contributed by atoms with Gasteiger partial charge in [0.05, 0.1) is 17.2 Å².